The van der Waals surface area contributed by atoms with Crippen LogP contribution in [0.15, 0.2) is 23.8 Å². The van der Waals surface area contributed by atoms with E-state index in [1.165, 1.54) is 11.3 Å². The molecule has 2 aliphatic heterocycles. The molecular weight excluding hydrogens is 506 g/mol. The lowest BCUT2D eigenvalue weighted by atomic mass is 10.0. The average molecular weight is 536 g/mol. The van der Waals surface area contributed by atoms with E-state index < -0.39 is 0 Å². The van der Waals surface area contributed by atoms with Crippen LogP contribution >= 0.6 is 11.3 Å². The van der Waals surface area contributed by atoms with Gasteiger partial charge < -0.3 is 20.4 Å². The number of piperidine rings is 1. The third-order valence-electron chi connectivity index (χ3n) is 6.91. The van der Waals surface area contributed by atoms with Crippen molar-refractivity contribution >= 4 is 39.7 Å². The summed E-state index contributed by atoms with van der Waals surface area (Å²) in [5, 5.41) is 21.5. The van der Waals surface area contributed by atoms with Crippen molar-refractivity contribution in [1.29, 1.82) is 5.26 Å². The van der Waals surface area contributed by atoms with E-state index in [0.717, 1.165) is 10.4 Å². The molecule has 0 aromatic carbocycles. The molecule has 13 heteroatoms. The molecule has 12 nitrogen and oxygen atoms in total. The molecule has 38 heavy (non-hydrogen) atoms. The lowest BCUT2D eigenvalue weighted by Crippen LogP contribution is -2.46. The molecule has 0 bridgehead atoms. The molecule has 3 aromatic heterocycles. The van der Waals surface area contributed by atoms with Gasteiger partial charge in [-0.3, -0.25) is 14.4 Å². The Bertz CT molecular complexity index is 1390. The van der Waals surface area contributed by atoms with Crippen LogP contribution in [0.1, 0.15) is 49.5 Å². The van der Waals surface area contributed by atoms with Crippen LogP contribution in [0, 0.1) is 11.3 Å². The predicted octanol–water partition coefficient (Wildman–Crippen LogP) is 1.91. The number of thiazole rings is 1. The van der Waals surface area contributed by atoms with Crippen molar-refractivity contribution in [2.75, 3.05) is 31.5 Å². The maximum atomic E-state index is 13.5. The summed E-state index contributed by atoms with van der Waals surface area (Å²) in [6, 6.07) is 3.57. The minimum atomic E-state index is -0.191. The SMILES string of the molecule is CCC(=O)NC1CCN(C(=O)c2cc(N[C@@H]3CCN(C(=O)CC#N)C3)nc(-c3cnn4ccsc34)n2)CC1. The number of nitriles is 1. The Hall–Kier alpha value is -4.05. The van der Waals surface area contributed by atoms with Crippen molar-refractivity contribution < 1.29 is 14.4 Å². The van der Waals surface area contributed by atoms with Crippen LogP contribution in [0.3, 0.4) is 0 Å². The van der Waals surface area contributed by atoms with Gasteiger partial charge in [-0.05, 0) is 19.3 Å². The number of carbonyl (C=O) groups excluding carboxylic acids is 3. The molecule has 0 saturated carbocycles. The fourth-order valence-corrected chi connectivity index (χ4v) is 5.64. The minimum absolute atomic E-state index is 0.0202. The fraction of sp³-hybridized carbons (Fsp3) is 0.480. The molecule has 3 aromatic rings. The van der Waals surface area contributed by atoms with Gasteiger partial charge in [0.25, 0.3) is 5.91 Å². The van der Waals surface area contributed by atoms with Crippen LogP contribution in [-0.2, 0) is 9.59 Å². The molecule has 2 saturated heterocycles. The number of anilines is 1. The van der Waals surface area contributed by atoms with Crippen LogP contribution in [0.5, 0.6) is 0 Å². The van der Waals surface area contributed by atoms with E-state index in [0.29, 0.717) is 63.5 Å². The van der Waals surface area contributed by atoms with E-state index in [-0.39, 0.29) is 41.9 Å². The summed E-state index contributed by atoms with van der Waals surface area (Å²) in [4.78, 5) is 51.1. The number of likely N-dealkylation sites (tertiary alicyclic amines) is 2. The quantitative estimate of drug-likeness (QED) is 0.466. The van der Waals surface area contributed by atoms with Gasteiger partial charge in [0.05, 0.1) is 17.8 Å². The standard InChI is InChI=1S/C25H29N9O3S/c1-2-21(35)29-16-4-8-32(9-5-16)24(37)19-13-20(28-17-6-10-33(15-17)22(36)3-7-26)31-23(30-19)18-14-27-34-11-12-38-25(18)34/h11-14,16-17H,2-6,8-10,15H2,1H3,(H,29,35)(H,28,30,31)/t17-/m1/s1. The lowest BCUT2D eigenvalue weighted by Gasteiger charge is -2.32. The van der Waals surface area contributed by atoms with Crippen molar-refractivity contribution in [3.63, 3.8) is 0 Å². The van der Waals surface area contributed by atoms with E-state index >= 15 is 0 Å². The zero-order valence-electron chi connectivity index (χ0n) is 21.1. The number of aromatic nitrogens is 4. The Morgan fingerprint density at radius 3 is 2.66 bits per heavy atom. The molecule has 1 atom stereocenters. The third kappa shape index (κ3) is 5.45. The van der Waals surface area contributed by atoms with Gasteiger partial charge in [0.15, 0.2) is 5.82 Å². The minimum Gasteiger partial charge on any atom is -0.365 e. The largest absolute Gasteiger partial charge is 0.365 e. The van der Waals surface area contributed by atoms with Crippen LogP contribution in [-0.4, -0.2) is 85.4 Å². The van der Waals surface area contributed by atoms with Crippen LogP contribution in [0.2, 0.25) is 0 Å². The molecule has 5 heterocycles. The normalized spacial score (nSPS) is 17.9. The monoisotopic (exact) mass is 535 g/mol. The molecule has 3 amide bonds. The van der Waals surface area contributed by atoms with E-state index in [2.05, 4.69) is 20.7 Å². The molecule has 2 aliphatic rings. The van der Waals surface area contributed by atoms with Crippen molar-refractivity contribution in [3.8, 4) is 17.5 Å². The second-order valence-corrected chi connectivity index (χ2v) is 10.4. The van der Waals surface area contributed by atoms with Gasteiger partial charge in [-0.2, -0.15) is 10.4 Å². The lowest BCUT2D eigenvalue weighted by molar-refractivity contribution is -0.129. The summed E-state index contributed by atoms with van der Waals surface area (Å²) in [5.41, 5.74) is 1.01. The van der Waals surface area contributed by atoms with Gasteiger partial charge in [0, 0.05) is 62.3 Å². The van der Waals surface area contributed by atoms with E-state index in [4.69, 9.17) is 10.2 Å². The Kier molecular flexibility index (Phi) is 7.50. The highest BCUT2D eigenvalue weighted by atomic mass is 32.1. The van der Waals surface area contributed by atoms with Gasteiger partial charge >= 0.3 is 0 Å². The molecule has 198 valence electrons. The van der Waals surface area contributed by atoms with Crippen molar-refractivity contribution in [2.24, 2.45) is 0 Å². The molecule has 0 spiro atoms. The summed E-state index contributed by atoms with van der Waals surface area (Å²) in [6.07, 6.45) is 5.93. The Labute approximate surface area is 223 Å². The Morgan fingerprint density at radius 1 is 1.13 bits per heavy atom. The van der Waals surface area contributed by atoms with E-state index in [1.807, 2.05) is 24.6 Å². The van der Waals surface area contributed by atoms with Gasteiger partial charge in [-0.1, -0.05) is 6.92 Å². The first-order valence-electron chi connectivity index (χ1n) is 12.7. The smallest absolute Gasteiger partial charge is 0.272 e. The summed E-state index contributed by atoms with van der Waals surface area (Å²) in [5.74, 6) is 0.542. The number of rotatable bonds is 7. The average Bonchev–Trinajstić information content (AvgIpc) is 3.66. The third-order valence-corrected chi connectivity index (χ3v) is 7.80. The van der Waals surface area contributed by atoms with Crippen LogP contribution < -0.4 is 10.6 Å². The van der Waals surface area contributed by atoms with Gasteiger partial charge in [-0.15, -0.1) is 11.3 Å². The van der Waals surface area contributed by atoms with Gasteiger partial charge in [0.1, 0.15) is 22.8 Å². The van der Waals surface area contributed by atoms with Gasteiger partial charge in [0.2, 0.25) is 11.8 Å². The highest BCUT2D eigenvalue weighted by Gasteiger charge is 2.29. The zero-order chi connectivity index (χ0) is 26.6. The maximum absolute atomic E-state index is 13.5. The second-order valence-electron chi connectivity index (χ2n) is 9.47. The first-order valence-corrected chi connectivity index (χ1v) is 13.6. The summed E-state index contributed by atoms with van der Waals surface area (Å²) in [7, 11) is 0. The number of nitrogens with zero attached hydrogens (tertiary/aromatic N) is 7. The van der Waals surface area contributed by atoms with E-state index in [1.54, 1.807) is 26.6 Å². The summed E-state index contributed by atoms with van der Waals surface area (Å²) < 4.78 is 1.75. The second kappa shape index (κ2) is 11.1. The molecule has 0 unspecified atom stereocenters. The number of carbonyl (C=O) groups is 3. The molecule has 5 rings (SSSR count). The Morgan fingerprint density at radius 2 is 1.89 bits per heavy atom. The van der Waals surface area contributed by atoms with Gasteiger partial charge in [-0.25, -0.2) is 14.5 Å². The summed E-state index contributed by atoms with van der Waals surface area (Å²) >= 11 is 1.51. The van der Waals surface area contributed by atoms with Crippen molar-refractivity contribution in [1.82, 2.24) is 34.7 Å². The van der Waals surface area contributed by atoms with Crippen LogP contribution in [0.4, 0.5) is 5.82 Å². The number of nitrogens with one attached hydrogen (secondary N) is 2. The first kappa shape index (κ1) is 25.6. The van der Waals surface area contributed by atoms with Crippen molar-refractivity contribution in [2.45, 2.75) is 51.1 Å². The Balaban J connectivity index is 1.37. The number of hydrogen-bond donors (Lipinski definition) is 2. The number of fused-ring (bicyclic) bond motifs is 1. The van der Waals surface area contributed by atoms with E-state index in [9.17, 15) is 14.4 Å². The highest BCUT2D eigenvalue weighted by Crippen LogP contribution is 2.27. The molecule has 2 N–H and O–H groups in total. The summed E-state index contributed by atoms with van der Waals surface area (Å²) in [6.45, 7) is 3.90. The number of hydrogen-bond acceptors (Lipinski definition) is 9. The van der Waals surface area contributed by atoms with Crippen LogP contribution in [0.25, 0.3) is 16.2 Å². The highest BCUT2D eigenvalue weighted by molar-refractivity contribution is 7.16. The molecule has 0 radical (unpaired) electrons. The molecule has 2 fully saturated rings. The fourth-order valence-electron chi connectivity index (χ4n) is 4.84. The topological polar surface area (TPSA) is 149 Å². The van der Waals surface area contributed by atoms with Crippen molar-refractivity contribution in [3.05, 3.63) is 29.5 Å². The molecule has 0 aliphatic carbocycles. The maximum Gasteiger partial charge on any atom is 0.272 e. The number of amides is 3. The first-order chi connectivity index (χ1) is 18.4. The zero-order valence-corrected chi connectivity index (χ0v) is 21.9. The predicted molar refractivity (Wildman–Crippen MR) is 140 cm³/mol. The molecular formula is C25H29N9O3S.